The van der Waals surface area contributed by atoms with Crippen LogP contribution in [0.3, 0.4) is 0 Å². The number of primary sulfonamides is 1. The van der Waals surface area contributed by atoms with Gasteiger partial charge < -0.3 is 20.5 Å². The van der Waals surface area contributed by atoms with Crippen LogP contribution in [0.25, 0.3) is 0 Å². The van der Waals surface area contributed by atoms with Crippen LogP contribution in [0.2, 0.25) is 0 Å². The Balaban J connectivity index is 1.92. The molecule has 2 rings (SSSR count). The zero-order chi connectivity index (χ0) is 20.7. The lowest BCUT2D eigenvalue weighted by Gasteiger charge is -2.14. The van der Waals surface area contributed by atoms with Crippen molar-refractivity contribution in [2.45, 2.75) is 17.9 Å². The molecule has 0 atom stereocenters. The van der Waals surface area contributed by atoms with E-state index in [1.54, 1.807) is 12.1 Å². The molecular weight excluding hydrogens is 450 g/mol. The van der Waals surface area contributed by atoms with Crippen molar-refractivity contribution in [2.75, 3.05) is 20.3 Å². The molecule has 0 spiro atoms. The van der Waals surface area contributed by atoms with Crippen molar-refractivity contribution in [3.63, 3.8) is 0 Å². The van der Waals surface area contributed by atoms with E-state index in [0.29, 0.717) is 29.1 Å². The molecule has 2 aromatic carbocycles. The molecule has 0 aliphatic heterocycles. The van der Waals surface area contributed by atoms with Gasteiger partial charge in [0.05, 0.1) is 16.5 Å². The van der Waals surface area contributed by atoms with Crippen LogP contribution in [0.1, 0.15) is 11.1 Å². The van der Waals surface area contributed by atoms with E-state index in [-0.39, 0.29) is 11.5 Å². The number of rotatable bonds is 10. The molecule has 2 aromatic rings. The monoisotopic (exact) mass is 471 g/mol. The van der Waals surface area contributed by atoms with Gasteiger partial charge in [-0.25, -0.2) is 13.6 Å². The first kappa shape index (κ1) is 22.2. The van der Waals surface area contributed by atoms with Gasteiger partial charge >= 0.3 is 0 Å². The number of amides is 1. The number of sulfonamides is 1. The number of hydrogen-bond acceptors (Lipinski definition) is 6. The summed E-state index contributed by atoms with van der Waals surface area (Å²) >= 11 is 3.41. The lowest BCUT2D eigenvalue weighted by Crippen LogP contribution is -2.20. The highest BCUT2D eigenvalue weighted by Crippen LogP contribution is 2.36. The van der Waals surface area contributed by atoms with E-state index in [9.17, 15) is 13.2 Å². The Hall–Kier alpha value is -2.14. The minimum Gasteiger partial charge on any atom is -0.493 e. The van der Waals surface area contributed by atoms with Crippen molar-refractivity contribution in [1.29, 1.82) is 0 Å². The molecule has 0 unspecified atom stereocenters. The minimum atomic E-state index is -3.67. The molecule has 152 valence electrons. The Labute approximate surface area is 172 Å². The van der Waals surface area contributed by atoms with Gasteiger partial charge in [-0.05, 0) is 64.3 Å². The molecule has 0 fully saturated rings. The Morgan fingerprint density at radius 1 is 1.18 bits per heavy atom. The van der Waals surface area contributed by atoms with Crippen molar-refractivity contribution >= 4 is 31.9 Å². The first-order chi connectivity index (χ1) is 13.2. The summed E-state index contributed by atoms with van der Waals surface area (Å²) in [6.07, 6.45) is 0.725. The molecule has 0 aromatic heterocycles. The van der Waals surface area contributed by atoms with E-state index < -0.39 is 15.9 Å². The molecule has 0 bridgehead atoms. The fourth-order valence-electron chi connectivity index (χ4n) is 2.47. The van der Waals surface area contributed by atoms with Crippen LogP contribution in [0.15, 0.2) is 45.8 Å². The van der Waals surface area contributed by atoms with Crippen molar-refractivity contribution < 1.29 is 22.7 Å². The second kappa shape index (κ2) is 9.87. The summed E-state index contributed by atoms with van der Waals surface area (Å²) < 4.78 is 33.9. The van der Waals surface area contributed by atoms with Crippen molar-refractivity contribution in [3.05, 3.63) is 52.0 Å². The highest BCUT2D eigenvalue weighted by atomic mass is 79.9. The fraction of sp³-hybridized carbons (Fsp3) is 0.278. The maximum Gasteiger partial charge on any atom is 0.255 e. The van der Waals surface area contributed by atoms with Gasteiger partial charge in [0, 0.05) is 6.54 Å². The highest BCUT2D eigenvalue weighted by molar-refractivity contribution is 9.10. The molecule has 0 saturated carbocycles. The SMILES string of the molecule is COc1cc(CNCCc2ccc(S(N)(=O)=O)cc2)cc(Br)c1OCC(N)=O. The molecular formula is C18H22BrN3O5S. The zero-order valence-electron chi connectivity index (χ0n) is 15.3. The number of nitrogens with one attached hydrogen (secondary N) is 1. The van der Waals surface area contributed by atoms with Crippen molar-refractivity contribution in [2.24, 2.45) is 10.9 Å². The summed E-state index contributed by atoms with van der Waals surface area (Å²) in [5, 5.41) is 8.40. The zero-order valence-corrected chi connectivity index (χ0v) is 17.7. The van der Waals surface area contributed by atoms with Gasteiger partial charge in [-0.2, -0.15) is 0 Å². The van der Waals surface area contributed by atoms with E-state index in [1.165, 1.54) is 19.2 Å². The maximum absolute atomic E-state index is 11.3. The molecule has 0 saturated heterocycles. The van der Waals surface area contributed by atoms with E-state index in [4.69, 9.17) is 20.3 Å². The third-order valence-electron chi connectivity index (χ3n) is 3.82. The number of carbonyl (C=O) groups excluding carboxylic acids is 1. The highest BCUT2D eigenvalue weighted by Gasteiger charge is 2.13. The average molecular weight is 472 g/mol. The Kier molecular flexibility index (Phi) is 7.81. The third-order valence-corrected chi connectivity index (χ3v) is 5.34. The van der Waals surface area contributed by atoms with Crippen LogP contribution in [-0.2, 0) is 27.8 Å². The summed E-state index contributed by atoms with van der Waals surface area (Å²) in [5.74, 6) is 0.336. The fourth-order valence-corrected chi connectivity index (χ4v) is 3.59. The standard InChI is InChI=1S/C18H22BrN3O5S/c1-26-16-9-13(8-15(19)18(16)27-11-17(20)23)10-22-7-6-12-2-4-14(5-3-12)28(21,24)25/h2-5,8-9,22H,6-7,10-11H2,1H3,(H2,20,23)(H2,21,24,25). The maximum atomic E-state index is 11.3. The Morgan fingerprint density at radius 3 is 2.43 bits per heavy atom. The normalized spacial score (nSPS) is 11.2. The lowest BCUT2D eigenvalue weighted by atomic mass is 10.1. The van der Waals surface area contributed by atoms with Gasteiger partial charge in [-0.3, -0.25) is 4.79 Å². The molecule has 0 aliphatic carbocycles. The summed E-state index contributed by atoms with van der Waals surface area (Å²) in [7, 11) is -2.16. The number of benzene rings is 2. The molecule has 0 heterocycles. The molecule has 0 aliphatic rings. The third kappa shape index (κ3) is 6.48. The quantitative estimate of drug-likeness (QED) is 0.447. The van der Waals surface area contributed by atoms with Gasteiger partial charge in [0.15, 0.2) is 18.1 Å². The van der Waals surface area contributed by atoms with E-state index in [2.05, 4.69) is 21.2 Å². The van der Waals surface area contributed by atoms with Crippen LogP contribution in [0.4, 0.5) is 0 Å². The van der Waals surface area contributed by atoms with Gasteiger partial charge in [-0.1, -0.05) is 12.1 Å². The lowest BCUT2D eigenvalue weighted by molar-refractivity contribution is -0.119. The number of methoxy groups -OCH3 is 1. The van der Waals surface area contributed by atoms with Crippen molar-refractivity contribution in [3.8, 4) is 11.5 Å². The van der Waals surface area contributed by atoms with Crippen LogP contribution in [0, 0.1) is 0 Å². The van der Waals surface area contributed by atoms with Gasteiger partial charge in [0.1, 0.15) is 0 Å². The molecule has 8 nitrogen and oxygen atoms in total. The second-order valence-electron chi connectivity index (χ2n) is 5.98. The largest absolute Gasteiger partial charge is 0.493 e. The number of hydrogen-bond donors (Lipinski definition) is 3. The molecule has 1 amide bonds. The summed E-state index contributed by atoms with van der Waals surface area (Å²) in [5.41, 5.74) is 7.06. The van der Waals surface area contributed by atoms with Gasteiger partial charge in [0.2, 0.25) is 10.0 Å². The molecule has 5 N–H and O–H groups in total. The van der Waals surface area contributed by atoms with Gasteiger partial charge in [0.25, 0.3) is 5.91 Å². The summed E-state index contributed by atoms with van der Waals surface area (Å²) in [6.45, 7) is 1.03. The first-order valence-electron chi connectivity index (χ1n) is 8.30. The van der Waals surface area contributed by atoms with E-state index >= 15 is 0 Å². The number of ether oxygens (including phenoxy) is 2. The number of nitrogens with two attached hydrogens (primary N) is 2. The van der Waals surface area contributed by atoms with Crippen LogP contribution in [-0.4, -0.2) is 34.6 Å². The van der Waals surface area contributed by atoms with E-state index in [1.807, 2.05) is 12.1 Å². The Bertz CT molecular complexity index is 933. The van der Waals surface area contributed by atoms with Crippen LogP contribution >= 0.6 is 15.9 Å². The first-order valence-corrected chi connectivity index (χ1v) is 10.6. The topological polar surface area (TPSA) is 134 Å². The number of halogens is 1. The van der Waals surface area contributed by atoms with Gasteiger partial charge in [-0.15, -0.1) is 0 Å². The Morgan fingerprint density at radius 2 is 1.86 bits per heavy atom. The number of carbonyl (C=O) groups is 1. The predicted octanol–water partition coefficient (Wildman–Crippen LogP) is 1.30. The predicted molar refractivity (Wildman–Crippen MR) is 109 cm³/mol. The summed E-state index contributed by atoms with van der Waals surface area (Å²) in [4.78, 5) is 11.0. The molecule has 10 heteroatoms. The summed E-state index contributed by atoms with van der Waals surface area (Å²) in [6, 6.07) is 10.2. The smallest absolute Gasteiger partial charge is 0.255 e. The second-order valence-corrected chi connectivity index (χ2v) is 8.40. The average Bonchev–Trinajstić information content (AvgIpc) is 2.63. The van der Waals surface area contributed by atoms with Crippen LogP contribution < -0.4 is 25.7 Å². The van der Waals surface area contributed by atoms with E-state index in [0.717, 1.165) is 17.5 Å². The van der Waals surface area contributed by atoms with Crippen LogP contribution in [0.5, 0.6) is 11.5 Å². The minimum absolute atomic E-state index is 0.0970. The number of primary amides is 1. The molecule has 0 radical (unpaired) electrons. The van der Waals surface area contributed by atoms with Crippen molar-refractivity contribution in [1.82, 2.24) is 5.32 Å². The molecule has 28 heavy (non-hydrogen) atoms.